The molecule has 194 valence electrons. The monoisotopic (exact) mass is 503 g/mol. The van der Waals surface area contributed by atoms with E-state index in [0.717, 1.165) is 31.4 Å². The number of aliphatic carboxylic acids is 1. The number of carboxylic acid groups (broad SMARTS) is 1. The van der Waals surface area contributed by atoms with E-state index >= 15 is 0 Å². The number of para-hydroxylation sites is 1. The molecule has 2 aromatic carbocycles. The van der Waals surface area contributed by atoms with E-state index in [2.05, 4.69) is 34.3 Å². The van der Waals surface area contributed by atoms with Crippen molar-refractivity contribution in [2.45, 2.75) is 44.6 Å². The molecule has 2 N–H and O–H groups in total. The molecule has 6 nitrogen and oxygen atoms in total. The number of hydrogen-bond donors (Lipinski definition) is 2. The van der Waals surface area contributed by atoms with Gasteiger partial charge in [-0.05, 0) is 92.4 Å². The Bertz CT molecular complexity index is 1300. The van der Waals surface area contributed by atoms with Crippen molar-refractivity contribution >= 4 is 28.9 Å². The van der Waals surface area contributed by atoms with E-state index in [9.17, 15) is 19.1 Å². The second kappa shape index (κ2) is 10.9. The van der Waals surface area contributed by atoms with Gasteiger partial charge in [-0.3, -0.25) is 14.5 Å². The van der Waals surface area contributed by atoms with Gasteiger partial charge < -0.3 is 15.0 Å². The van der Waals surface area contributed by atoms with Crippen LogP contribution in [0.5, 0.6) is 0 Å². The van der Waals surface area contributed by atoms with Crippen LogP contribution in [-0.2, 0) is 9.59 Å². The van der Waals surface area contributed by atoms with Gasteiger partial charge in [0.1, 0.15) is 11.9 Å². The molecule has 37 heavy (non-hydrogen) atoms. The Balaban J connectivity index is 1.16. The number of fused-ring (bicyclic) bond motifs is 1. The fraction of sp³-hybridized carbons (Fsp3) is 0.400. The lowest BCUT2D eigenvalue weighted by Gasteiger charge is -2.41. The quantitative estimate of drug-likeness (QED) is 0.454. The second-order valence-corrected chi connectivity index (χ2v) is 10.4. The lowest BCUT2D eigenvalue weighted by molar-refractivity contribution is -0.147. The lowest BCUT2D eigenvalue weighted by atomic mass is 9.84. The highest BCUT2D eigenvalue weighted by Crippen LogP contribution is 2.35. The van der Waals surface area contributed by atoms with Crippen LogP contribution < -0.4 is 0 Å². The normalized spacial score (nSPS) is 19.0. The molecule has 2 aliphatic heterocycles. The van der Waals surface area contributed by atoms with E-state index in [4.69, 9.17) is 0 Å². The molecule has 3 heterocycles. The molecular weight excluding hydrogens is 469 g/mol. The number of halogens is 1. The highest BCUT2D eigenvalue weighted by Gasteiger charge is 2.38. The highest BCUT2D eigenvalue weighted by molar-refractivity contribution is 5.92. The number of aryl methyl sites for hydroxylation is 1. The minimum Gasteiger partial charge on any atom is -0.480 e. The summed E-state index contributed by atoms with van der Waals surface area (Å²) in [5, 5.41) is 11.4. The Morgan fingerprint density at radius 1 is 1.05 bits per heavy atom. The maximum Gasteiger partial charge on any atom is 0.321 e. The maximum atomic E-state index is 13.8. The van der Waals surface area contributed by atoms with Crippen molar-refractivity contribution in [1.29, 1.82) is 0 Å². The van der Waals surface area contributed by atoms with E-state index in [0.29, 0.717) is 43.0 Å². The Morgan fingerprint density at radius 3 is 2.49 bits per heavy atom. The maximum absolute atomic E-state index is 13.8. The van der Waals surface area contributed by atoms with Gasteiger partial charge in [0, 0.05) is 36.3 Å². The predicted octanol–water partition coefficient (Wildman–Crippen LogP) is 5.20. The Labute approximate surface area is 216 Å². The molecule has 0 radical (unpaired) electrons. The third-order valence-electron chi connectivity index (χ3n) is 8.15. The van der Waals surface area contributed by atoms with Gasteiger partial charge in [-0.25, -0.2) is 4.39 Å². The molecule has 1 atom stereocenters. The summed E-state index contributed by atoms with van der Waals surface area (Å²) in [5.41, 5.74) is 3.69. The van der Waals surface area contributed by atoms with Crippen LogP contribution >= 0.6 is 0 Å². The van der Waals surface area contributed by atoms with Gasteiger partial charge in [-0.1, -0.05) is 30.3 Å². The van der Waals surface area contributed by atoms with Crippen LogP contribution in [0.1, 0.15) is 48.3 Å². The summed E-state index contributed by atoms with van der Waals surface area (Å²) >= 11 is 0. The van der Waals surface area contributed by atoms with Crippen molar-refractivity contribution in [3.05, 3.63) is 77.2 Å². The molecule has 0 spiro atoms. The number of amides is 1. The molecule has 1 aromatic heterocycles. The minimum atomic E-state index is -0.767. The van der Waals surface area contributed by atoms with Crippen LogP contribution in [0.25, 0.3) is 17.0 Å². The molecular formula is C30H34FN3O3. The largest absolute Gasteiger partial charge is 0.480 e. The van der Waals surface area contributed by atoms with E-state index < -0.39 is 12.0 Å². The zero-order chi connectivity index (χ0) is 25.9. The molecule has 2 fully saturated rings. The number of rotatable bonds is 6. The highest BCUT2D eigenvalue weighted by atomic mass is 19.1. The number of likely N-dealkylation sites (tertiary alicyclic amines) is 2. The van der Waals surface area contributed by atoms with Crippen LogP contribution in [0, 0.1) is 18.7 Å². The molecule has 0 bridgehead atoms. The number of carbonyl (C=O) groups is 2. The molecule has 1 unspecified atom stereocenters. The first-order valence-electron chi connectivity index (χ1n) is 13.2. The molecule has 1 amide bonds. The number of piperidine rings is 2. The van der Waals surface area contributed by atoms with Gasteiger partial charge in [-0.2, -0.15) is 0 Å². The number of hydrogen-bond acceptors (Lipinski definition) is 3. The van der Waals surface area contributed by atoms with Crippen LogP contribution in [0.4, 0.5) is 4.39 Å². The van der Waals surface area contributed by atoms with E-state index in [-0.39, 0.29) is 17.6 Å². The summed E-state index contributed by atoms with van der Waals surface area (Å²) in [6.45, 7) is 4.29. The van der Waals surface area contributed by atoms with Crippen molar-refractivity contribution in [3.63, 3.8) is 0 Å². The standard InChI is InChI=1S/C30H34FN3O3/c1-20-6-7-21(18-26(20)31)8-9-28(35)33-14-12-23(13-15-33)29(30(36)37)34-16-10-22(11-17-34)25-19-32-27-5-3-2-4-24(25)27/h2-9,18-19,22-23,29,32H,10-17H2,1H3,(H,36,37)/b9-8+. The van der Waals surface area contributed by atoms with Crippen molar-refractivity contribution < 1.29 is 19.1 Å². The number of benzene rings is 2. The Kier molecular flexibility index (Phi) is 7.42. The molecule has 2 aliphatic rings. The number of nitrogens with one attached hydrogen (secondary N) is 1. The third kappa shape index (κ3) is 5.47. The first-order valence-corrected chi connectivity index (χ1v) is 13.2. The van der Waals surface area contributed by atoms with Gasteiger partial charge >= 0.3 is 5.97 Å². The van der Waals surface area contributed by atoms with Crippen molar-refractivity contribution in [2.75, 3.05) is 26.2 Å². The summed E-state index contributed by atoms with van der Waals surface area (Å²) in [6, 6.07) is 12.7. The minimum absolute atomic E-state index is 0.0152. The van der Waals surface area contributed by atoms with E-state index in [1.807, 2.05) is 6.07 Å². The number of aromatic nitrogens is 1. The fourth-order valence-electron chi connectivity index (χ4n) is 6.00. The van der Waals surface area contributed by atoms with Crippen molar-refractivity contribution in [2.24, 2.45) is 5.92 Å². The molecule has 0 saturated carbocycles. The molecule has 7 heteroatoms. The summed E-state index contributed by atoms with van der Waals surface area (Å²) < 4.78 is 13.8. The van der Waals surface area contributed by atoms with Gasteiger partial charge in [0.2, 0.25) is 5.91 Å². The zero-order valence-corrected chi connectivity index (χ0v) is 21.2. The second-order valence-electron chi connectivity index (χ2n) is 10.4. The topological polar surface area (TPSA) is 76.6 Å². The van der Waals surface area contributed by atoms with Gasteiger partial charge in [0.15, 0.2) is 0 Å². The molecule has 5 rings (SSSR count). The molecule has 0 aliphatic carbocycles. The predicted molar refractivity (Wildman–Crippen MR) is 143 cm³/mol. The number of carboxylic acids is 1. The molecule has 3 aromatic rings. The number of nitrogens with zero attached hydrogens (tertiary/aromatic N) is 2. The summed E-state index contributed by atoms with van der Waals surface area (Å²) in [5.74, 6) is -0.737. The van der Waals surface area contributed by atoms with E-state index in [1.54, 1.807) is 30.0 Å². The van der Waals surface area contributed by atoms with Crippen LogP contribution in [0.2, 0.25) is 0 Å². The first-order chi connectivity index (χ1) is 17.9. The average molecular weight is 504 g/mol. The van der Waals surface area contributed by atoms with Crippen LogP contribution in [0.3, 0.4) is 0 Å². The average Bonchev–Trinajstić information content (AvgIpc) is 3.34. The third-order valence-corrected chi connectivity index (χ3v) is 8.15. The summed E-state index contributed by atoms with van der Waals surface area (Å²) in [6.07, 6.45) is 8.43. The number of H-pyrrole nitrogens is 1. The summed E-state index contributed by atoms with van der Waals surface area (Å²) in [7, 11) is 0. The summed E-state index contributed by atoms with van der Waals surface area (Å²) in [4.78, 5) is 32.3. The van der Waals surface area contributed by atoms with Gasteiger partial charge in [0.05, 0.1) is 0 Å². The zero-order valence-electron chi connectivity index (χ0n) is 21.2. The fourth-order valence-corrected chi connectivity index (χ4v) is 6.00. The van der Waals surface area contributed by atoms with E-state index in [1.165, 1.54) is 23.1 Å². The Morgan fingerprint density at radius 2 is 1.78 bits per heavy atom. The van der Waals surface area contributed by atoms with Gasteiger partial charge in [-0.15, -0.1) is 0 Å². The smallest absolute Gasteiger partial charge is 0.321 e. The lowest BCUT2D eigenvalue weighted by Crippen LogP contribution is -2.52. The number of carbonyl (C=O) groups excluding carboxylic acids is 1. The SMILES string of the molecule is Cc1ccc(/C=C/C(=O)N2CCC(C(C(=O)O)N3CCC(c4c[nH]c5ccccc45)CC3)CC2)cc1F. The molecule has 2 saturated heterocycles. The first kappa shape index (κ1) is 25.2. The van der Waals surface area contributed by atoms with Gasteiger partial charge in [0.25, 0.3) is 0 Å². The van der Waals surface area contributed by atoms with Crippen molar-refractivity contribution in [3.8, 4) is 0 Å². The Hall–Kier alpha value is -3.45. The van der Waals surface area contributed by atoms with Crippen LogP contribution in [0.15, 0.2) is 54.7 Å². The van der Waals surface area contributed by atoms with Crippen LogP contribution in [-0.4, -0.2) is 64.0 Å². The number of aromatic amines is 1. The van der Waals surface area contributed by atoms with Crippen molar-refractivity contribution in [1.82, 2.24) is 14.8 Å².